The number of hydrogen-bond acceptors (Lipinski definition) is 4. The molecule has 0 saturated heterocycles. The minimum absolute atomic E-state index is 0.0812. The van der Waals surface area contributed by atoms with Gasteiger partial charge in [0.25, 0.3) is 0 Å². The molecule has 0 heterocycles. The van der Waals surface area contributed by atoms with Crippen molar-refractivity contribution < 1.29 is 19.1 Å². The Kier molecular flexibility index (Phi) is 4.88. The van der Waals surface area contributed by atoms with Crippen LogP contribution in [0.25, 0.3) is 0 Å². The molecule has 0 aliphatic heterocycles. The Morgan fingerprint density at radius 3 is 2.36 bits per heavy atom. The molecule has 1 aliphatic rings. The second-order valence-electron chi connectivity index (χ2n) is 7.11. The lowest BCUT2D eigenvalue weighted by Crippen LogP contribution is -2.31. The molecule has 130 valence electrons. The van der Waals surface area contributed by atoms with E-state index in [-0.39, 0.29) is 11.9 Å². The van der Waals surface area contributed by atoms with E-state index in [2.05, 4.69) is 0 Å². The standard InChI is InChI=1S/C21H22O4/c1-21(2,20(23)25-19(22)16-11-12-16)14-15-7-6-10-18(13-15)24-17-8-4-3-5-9-17/h3-10,13,16H,11-12,14H2,1-2H3. The van der Waals surface area contributed by atoms with Crippen LogP contribution in [-0.2, 0) is 20.7 Å². The number of hydrogen-bond donors (Lipinski definition) is 0. The van der Waals surface area contributed by atoms with E-state index in [9.17, 15) is 9.59 Å². The molecule has 0 atom stereocenters. The third-order valence-electron chi connectivity index (χ3n) is 4.18. The maximum Gasteiger partial charge on any atom is 0.319 e. The smallest absolute Gasteiger partial charge is 0.319 e. The quantitative estimate of drug-likeness (QED) is 0.574. The average molecular weight is 338 g/mol. The van der Waals surface area contributed by atoms with Gasteiger partial charge in [-0.05, 0) is 62.9 Å². The maximum absolute atomic E-state index is 12.3. The zero-order chi connectivity index (χ0) is 17.9. The van der Waals surface area contributed by atoms with Gasteiger partial charge in [0.2, 0.25) is 0 Å². The Hall–Kier alpha value is -2.62. The third kappa shape index (κ3) is 4.69. The lowest BCUT2D eigenvalue weighted by atomic mass is 9.86. The van der Waals surface area contributed by atoms with Gasteiger partial charge in [-0.15, -0.1) is 0 Å². The first-order valence-electron chi connectivity index (χ1n) is 8.52. The number of para-hydroxylation sites is 1. The van der Waals surface area contributed by atoms with Gasteiger partial charge < -0.3 is 9.47 Å². The summed E-state index contributed by atoms with van der Waals surface area (Å²) >= 11 is 0. The van der Waals surface area contributed by atoms with Crippen LogP contribution in [0.15, 0.2) is 54.6 Å². The summed E-state index contributed by atoms with van der Waals surface area (Å²) in [6.45, 7) is 3.58. The predicted octanol–water partition coefficient (Wildman–Crippen LogP) is 4.53. The maximum atomic E-state index is 12.3. The van der Waals surface area contributed by atoms with Crippen molar-refractivity contribution in [2.45, 2.75) is 33.1 Å². The molecule has 1 saturated carbocycles. The zero-order valence-corrected chi connectivity index (χ0v) is 14.5. The molecule has 0 aromatic heterocycles. The van der Waals surface area contributed by atoms with Crippen LogP contribution in [0.4, 0.5) is 0 Å². The van der Waals surface area contributed by atoms with Gasteiger partial charge in [-0.1, -0.05) is 30.3 Å². The molecule has 2 aromatic rings. The second-order valence-corrected chi connectivity index (χ2v) is 7.11. The lowest BCUT2D eigenvalue weighted by molar-refractivity contribution is -0.167. The van der Waals surface area contributed by atoms with Crippen LogP contribution in [0.3, 0.4) is 0 Å². The molecule has 0 spiro atoms. The van der Waals surface area contributed by atoms with Gasteiger partial charge in [0.1, 0.15) is 11.5 Å². The molecule has 3 rings (SSSR count). The van der Waals surface area contributed by atoms with E-state index in [1.54, 1.807) is 13.8 Å². The van der Waals surface area contributed by atoms with E-state index in [0.29, 0.717) is 12.2 Å². The number of ether oxygens (including phenoxy) is 2. The molecule has 0 N–H and O–H groups in total. The topological polar surface area (TPSA) is 52.6 Å². The highest BCUT2D eigenvalue weighted by molar-refractivity contribution is 5.90. The van der Waals surface area contributed by atoms with Crippen LogP contribution < -0.4 is 4.74 Å². The lowest BCUT2D eigenvalue weighted by Gasteiger charge is -2.22. The highest BCUT2D eigenvalue weighted by Gasteiger charge is 2.37. The van der Waals surface area contributed by atoms with Crippen molar-refractivity contribution in [1.82, 2.24) is 0 Å². The SMILES string of the molecule is CC(C)(Cc1cccc(Oc2ccccc2)c1)C(=O)OC(=O)C1CC1. The van der Waals surface area contributed by atoms with Crippen LogP contribution in [0, 0.1) is 11.3 Å². The molecular formula is C21H22O4. The number of esters is 2. The number of carbonyl (C=O) groups is 2. The van der Waals surface area contributed by atoms with Gasteiger partial charge >= 0.3 is 11.9 Å². The van der Waals surface area contributed by atoms with Crippen molar-refractivity contribution in [1.29, 1.82) is 0 Å². The van der Waals surface area contributed by atoms with Crippen LogP contribution in [0.5, 0.6) is 11.5 Å². The average Bonchev–Trinajstić information content (AvgIpc) is 3.40. The predicted molar refractivity (Wildman–Crippen MR) is 94.3 cm³/mol. The van der Waals surface area contributed by atoms with E-state index in [0.717, 1.165) is 24.2 Å². The number of benzene rings is 2. The van der Waals surface area contributed by atoms with Gasteiger partial charge in [0.15, 0.2) is 0 Å². The van der Waals surface area contributed by atoms with Crippen LogP contribution in [0.1, 0.15) is 32.3 Å². The van der Waals surface area contributed by atoms with Crippen LogP contribution in [0.2, 0.25) is 0 Å². The van der Waals surface area contributed by atoms with Gasteiger partial charge in [-0.3, -0.25) is 9.59 Å². The molecule has 4 heteroatoms. The Morgan fingerprint density at radius 1 is 1.00 bits per heavy atom. The molecule has 25 heavy (non-hydrogen) atoms. The largest absolute Gasteiger partial charge is 0.457 e. The first-order chi connectivity index (χ1) is 11.9. The molecular weight excluding hydrogens is 316 g/mol. The summed E-state index contributed by atoms with van der Waals surface area (Å²) in [6.07, 6.45) is 2.12. The Bertz CT molecular complexity index is 760. The number of carbonyl (C=O) groups excluding carboxylic acids is 2. The van der Waals surface area contributed by atoms with Gasteiger partial charge in [-0.2, -0.15) is 0 Å². The van der Waals surface area contributed by atoms with E-state index in [4.69, 9.17) is 9.47 Å². The van der Waals surface area contributed by atoms with Crippen molar-refractivity contribution in [3.8, 4) is 11.5 Å². The Balaban J connectivity index is 1.65. The fourth-order valence-electron chi connectivity index (χ4n) is 2.56. The fraction of sp³-hybridized carbons (Fsp3) is 0.333. The molecule has 1 aliphatic carbocycles. The highest BCUT2D eigenvalue weighted by Crippen LogP contribution is 2.32. The minimum atomic E-state index is -0.782. The van der Waals surface area contributed by atoms with E-state index >= 15 is 0 Å². The van der Waals surface area contributed by atoms with Gasteiger partial charge in [0.05, 0.1) is 11.3 Å². The van der Waals surface area contributed by atoms with E-state index in [1.165, 1.54) is 0 Å². The highest BCUT2D eigenvalue weighted by atomic mass is 16.6. The van der Waals surface area contributed by atoms with Crippen LogP contribution in [-0.4, -0.2) is 11.9 Å². The second kappa shape index (κ2) is 7.09. The normalized spacial score (nSPS) is 14.0. The third-order valence-corrected chi connectivity index (χ3v) is 4.18. The molecule has 4 nitrogen and oxygen atoms in total. The zero-order valence-electron chi connectivity index (χ0n) is 14.5. The molecule has 0 amide bonds. The van der Waals surface area contributed by atoms with Crippen molar-refractivity contribution >= 4 is 11.9 Å². The Morgan fingerprint density at radius 2 is 1.68 bits per heavy atom. The molecule has 2 aromatic carbocycles. The van der Waals surface area contributed by atoms with Gasteiger partial charge in [0, 0.05) is 0 Å². The summed E-state index contributed by atoms with van der Waals surface area (Å²) in [4.78, 5) is 24.0. The fourth-order valence-corrected chi connectivity index (χ4v) is 2.56. The first kappa shape index (κ1) is 17.2. The minimum Gasteiger partial charge on any atom is -0.457 e. The summed E-state index contributed by atoms with van der Waals surface area (Å²) < 4.78 is 10.9. The van der Waals surface area contributed by atoms with E-state index in [1.807, 2.05) is 54.6 Å². The molecule has 1 fully saturated rings. The van der Waals surface area contributed by atoms with Crippen molar-refractivity contribution in [3.63, 3.8) is 0 Å². The number of rotatable bonds is 6. The Labute approximate surface area is 147 Å². The van der Waals surface area contributed by atoms with Crippen LogP contribution >= 0.6 is 0 Å². The summed E-state index contributed by atoms with van der Waals surface area (Å²) in [7, 11) is 0. The van der Waals surface area contributed by atoms with Gasteiger partial charge in [-0.25, -0.2) is 0 Å². The molecule has 0 bridgehead atoms. The molecule has 0 unspecified atom stereocenters. The van der Waals surface area contributed by atoms with Crippen molar-refractivity contribution in [2.75, 3.05) is 0 Å². The summed E-state index contributed by atoms with van der Waals surface area (Å²) in [6, 6.07) is 17.1. The first-order valence-corrected chi connectivity index (χ1v) is 8.52. The van der Waals surface area contributed by atoms with E-state index < -0.39 is 11.4 Å². The van der Waals surface area contributed by atoms with Crippen molar-refractivity contribution in [2.24, 2.45) is 11.3 Å². The monoisotopic (exact) mass is 338 g/mol. The summed E-state index contributed by atoms with van der Waals surface area (Å²) in [5, 5.41) is 0. The summed E-state index contributed by atoms with van der Waals surface area (Å²) in [5.74, 6) is 0.524. The summed E-state index contributed by atoms with van der Waals surface area (Å²) in [5.41, 5.74) is 0.171. The van der Waals surface area contributed by atoms with Crippen molar-refractivity contribution in [3.05, 3.63) is 60.2 Å². The molecule has 0 radical (unpaired) electrons.